The number of fused-ring (bicyclic) bond motifs is 6. The van der Waals surface area contributed by atoms with Crippen LogP contribution in [-0.2, 0) is 29.5 Å². The molecule has 11 nitrogen and oxygen atoms in total. The summed E-state index contributed by atoms with van der Waals surface area (Å²) < 4.78 is 23.2. The van der Waals surface area contributed by atoms with Crippen molar-refractivity contribution in [3.05, 3.63) is 95.1 Å². The maximum Gasteiger partial charge on any atom is 0.341 e. The number of ether oxygens (including phenoxy) is 4. The molecule has 0 aliphatic carbocycles. The molecule has 1 unspecified atom stereocenters. The third-order valence-corrected chi connectivity index (χ3v) is 7.23. The van der Waals surface area contributed by atoms with Crippen LogP contribution in [0.1, 0.15) is 40.9 Å². The fraction of sp³-hybridized carbons (Fsp3) is 0.194. The highest BCUT2D eigenvalue weighted by Gasteiger charge is 2.53. The van der Waals surface area contributed by atoms with Crippen molar-refractivity contribution < 1.29 is 48.0 Å². The van der Waals surface area contributed by atoms with Gasteiger partial charge in [0.25, 0.3) is 11.8 Å². The fourth-order valence-electron chi connectivity index (χ4n) is 5.47. The van der Waals surface area contributed by atoms with Gasteiger partial charge in [0.05, 0.1) is 5.56 Å². The van der Waals surface area contributed by atoms with Gasteiger partial charge in [-0.1, -0.05) is 32.0 Å². The molecule has 1 N–H and O–H groups in total. The lowest BCUT2D eigenvalue weighted by Crippen LogP contribution is -2.49. The highest BCUT2D eigenvalue weighted by Crippen LogP contribution is 2.57. The summed E-state index contributed by atoms with van der Waals surface area (Å²) >= 11 is 0. The molecule has 0 radical (unpaired) electrons. The molecule has 3 aliphatic rings. The van der Waals surface area contributed by atoms with Gasteiger partial charge in [0.1, 0.15) is 29.0 Å². The van der Waals surface area contributed by atoms with Crippen molar-refractivity contribution in [1.82, 2.24) is 4.90 Å². The summed E-state index contributed by atoms with van der Waals surface area (Å²) in [6.45, 7) is 2.81. The van der Waals surface area contributed by atoms with E-state index in [1.165, 1.54) is 18.2 Å². The molecule has 6 rings (SSSR count). The molecular weight excluding hydrogens is 546 g/mol. The normalized spacial score (nSPS) is 18.7. The molecule has 3 aromatic rings. The lowest BCUT2D eigenvalue weighted by molar-refractivity contribution is -0.153. The number of carboxylic acids is 1. The zero-order valence-corrected chi connectivity index (χ0v) is 22.4. The Kier molecular flexibility index (Phi) is 6.29. The molecule has 42 heavy (non-hydrogen) atoms. The number of esters is 2. The molecule has 3 heterocycles. The van der Waals surface area contributed by atoms with Crippen LogP contribution in [0.4, 0.5) is 0 Å². The Labute approximate surface area is 238 Å². The molecule has 0 saturated heterocycles. The van der Waals surface area contributed by atoms with Gasteiger partial charge in [-0.2, -0.15) is 0 Å². The Morgan fingerprint density at radius 2 is 1.50 bits per heavy atom. The van der Waals surface area contributed by atoms with Crippen LogP contribution < -0.4 is 14.2 Å². The van der Waals surface area contributed by atoms with E-state index in [9.17, 15) is 24.0 Å². The second-order valence-electron chi connectivity index (χ2n) is 10.2. The summed E-state index contributed by atoms with van der Waals surface area (Å²) in [6.07, 6.45) is 2.20. The van der Waals surface area contributed by atoms with Crippen molar-refractivity contribution in [2.24, 2.45) is 5.92 Å². The summed E-state index contributed by atoms with van der Waals surface area (Å²) in [5, 5.41) is 9.02. The topological polar surface area (TPSA) is 146 Å². The van der Waals surface area contributed by atoms with Crippen LogP contribution in [0, 0.1) is 5.92 Å². The minimum absolute atomic E-state index is 0.0611. The van der Waals surface area contributed by atoms with Gasteiger partial charge < -0.3 is 24.1 Å². The molecule has 2 amide bonds. The molecule has 0 aromatic heterocycles. The Hall–Kier alpha value is -5.45. The standard InChI is InChI=1S/C31H23NO10/c1-16(2)28(32-25(33)11-12-26(32)34)30(38)40-18-8-10-22-24(14-18)41-23-13-17(39-15-27(35)36)7-9-21(23)31(22)20-6-4-3-5-19(20)29(37)42-31/h3-14,16,28H,15H2,1-2H3,(H,35,36)/t28-,31?/m0/s1. The van der Waals surface area contributed by atoms with Gasteiger partial charge >= 0.3 is 17.9 Å². The predicted octanol–water partition coefficient (Wildman–Crippen LogP) is 3.57. The average molecular weight is 570 g/mol. The Morgan fingerprint density at radius 3 is 2.14 bits per heavy atom. The van der Waals surface area contributed by atoms with Crippen molar-refractivity contribution in [3.8, 4) is 23.0 Å². The van der Waals surface area contributed by atoms with Gasteiger partial charge in [0.2, 0.25) is 0 Å². The summed E-state index contributed by atoms with van der Waals surface area (Å²) in [5.74, 6) is -3.46. The summed E-state index contributed by atoms with van der Waals surface area (Å²) in [4.78, 5) is 62.8. The van der Waals surface area contributed by atoms with E-state index in [0.717, 1.165) is 17.1 Å². The average Bonchev–Trinajstić information content (AvgIpc) is 3.43. The molecule has 0 fully saturated rings. The van der Waals surface area contributed by atoms with Crippen LogP contribution in [0.3, 0.4) is 0 Å². The van der Waals surface area contributed by atoms with Crippen LogP contribution in [0.2, 0.25) is 0 Å². The van der Waals surface area contributed by atoms with E-state index in [-0.39, 0.29) is 23.0 Å². The number of aliphatic carboxylic acids is 1. The van der Waals surface area contributed by atoms with E-state index >= 15 is 0 Å². The third kappa shape index (κ3) is 4.17. The molecule has 0 bridgehead atoms. The monoisotopic (exact) mass is 569 g/mol. The van der Waals surface area contributed by atoms with Crippen molar-refractivity contribution in [2.75, 3.05) is 6.61 Å². The number of rotatable bonds is 7. The maximum absolute atomic E-state index is 13.3. The SMILES string of the molecule is CC(C)[C@@H](C(=O)Oc1ccc2c(c1)Oc1cc(OCC(=O)O)ccc1C21OC(=O)c2ccccc21)N1C(=O)C=CC1=O. The minimum atomic E-state index is -1.41. The van der Waals surface area contributed by atoms with Crippen molar-refractivity contribution in [1.29, 1.82) is 0 Å². The Morgan fingerprint density at radius 1 is 0.881 bits per heavy atom. The zero-order valence-electron chi connectivity index (χ0n) is 22.4. The number of carbonyl (C=O) groups is 5. The van der Waals surface area contributed by atoms with Gasteiger partial charge in [-0.3, -0.25) is 14.5 Å². The van der Waals surface area contributed by atoms with E-state index in [2.05, 4.69) is 0 Å². The summed E-state index contributed by atoms with van der Waals surface area (Å²) in [5.41, 5.74) is 0.473. The molecule has 2 atom stereocenters. The summed E-state index contributed by atoms with van der Waals surface area (Å²) in [7, 11) is 0. The number of carbonyl (C=O) groups excluding carboxylic acids is 4. The first-order chi connectivity index (χ1) is 20.1. The lowest BCUT2D eigenvalue weighted by Gasteiger charge is -2.36. The van der Waals surface area contributed by atoms with Gasteiger partial charge in [0.15, 0.2) is 12.2 Å². The Balaban J connectivity index is 1.41. The molecule has 212 valence electrons. The number of nitrogens with zero attached hydrogens (tertiary/aromatic N) is 1. The lowest BCUT2D eigenvalue weighted by atomic mass is 9.77. The smallest absolute Gasteiger partial charge is 0.341 e. The number of imide groups is 1. The van der Waals surface area contributed by atoms with Gasteiger partial charge in [-0.05, 0) is 36.2 Å². The fourth-order valence-corrected chi connectivity index (χ4v) is 5.47. The highest BCUT2D eigenvalue weighted by molar-refractivity contribution is 6.15. The maximum atomic E-state index is 13.3. The molecule has 11 heteroatoms. The quantitative estimate of drug-likeness (QED) is 0.255. The van der Waals surface area contributed by atoms with Crippen LogP contribution >= 0.6 is 0 Å². The number of amides is 2. The van der Waals surface area contributed by atoms with Crippen molar-refractivity contribution >= 4 is 29.7 Å². The van der Waals surface area contributed by atoms with Crippen LogP contribution in [0.25, 0.3) is 0 Å². The number of hydrogen-bond donors (Lipinski definition) is 1. The Bertz CT molecular complexity index is 1710. The van der Waals surface area contributed by atoms with E-state index in [0.29, 0.717) is 22.3 Å². The van der Waals surface area contributed by atoms with Crippen LogP contribution in [0.5, 0.6) is 23.0 Å². The largest absolute Gasteiger partial charge is 0.482 e. The van der Waals surface area contributed by atoms with Gasteiger partial charge in [-0.25, -0.2) is 14.4 Å². The van der Waals surface area contributed by atoms with E-state index < -0.39 is 53.9 Å². The van der Waals surface area contributed by atoms with Gasteiger partial charge in [-0.15, -0.1) is 0 Å². The predicted molar refractivity (Wildman–Crippen MR) is 143 cm³/mol. The molecule has 1 spiro atoms. The first-order valence-electron chi connectivity index (χ1n) is 13.0. The second kappa shape index (κ2) is 9.88. The van der Waals surface area contributed by atoms with Crippen molar-refractivity contribution in [3.63, 3.8) is 0 Å². The van der Waals surface area contributed by atoms with Crippen LogP contribution in [-0.4, -0.2) is 52.4 Å². The highest BCUT2D eigenvalue weighted by atomic mass is 16.6. The first kappa shape index (κ1) is 26.8. The number of hydrogen-bond acceptors (Lipinski definition) is 9. The molecule has 3 aromatic carbocycles. The van der Waals surface area contributed by atoms with E-state index in [4.69, 9.17) is 24.1 Å². The minimum Gasteiger partial charge on any atom is -0.482 e. The van der Waals surface area contributed by atoms with Crippen molar-refractivity contribution in [2.45, 2.75) is 25.5 Å². The third-order valence-electron chi connectivity index (χ3n) is 7.23. The van der Waals surface area contributed by atoms with Gasteiger partial charge in [0, 0.05) is 41.0 Å². The number of benzene rings is 3. The van der Waals surface area contributed by atoms with Crippen LogP contribution in [0.15, 0.2) is 72.8 Å². The molecule has 0 saturated carbocycles. The molecule has 3 aliphatic heterocycles. The number of carboxylic acid groups (broad SMARTS) is 1. The van der Waals surface area contributed by atoms with E-state index in [1.807, 2.05) is 0 Å². The zero-order chi connectivity index (χ0) is 29.8. The second-order valence-corrected chi connectivity index (χ2v) is 10.2. The first-order valence-corrected chi connectivity index (χ1v) is 13.0. The summed E-state index contributed by atoms with van der Waals surface area (Å²) in [6, 6.07) is 15.0. The van der Waals surface area contributed by atoms with E-state index in [1.54, 1.807) is 56.3 Å². The molecular formula is C31H23NO10.